The molecule has 0 N–H and O–H groups in total. The molecule has 0 rings (SSSR count). The Labute approximate surface area is 636 Å². The maximum atomic E-state index is 5.82. The van der Waals surface area contributed by atoms with E-state index in [-0.39, 0.29) is 19.5 Å². The van der Waals surface area contributed by atoms with Crippen LogP contribution < -0.4 is 0 Å². The van der Waals surface area contributed by atoms with E-state index in [1.807, 2.05) is 0 Å². The number of rotatable bonds is 84. The van der Waals surface area contributed by atoms with Gasteiger partial charge in [0.15, 0.2) is 0 Å². The minimum absolute atomic E-state index is 0. The van der Waals surface area contributed by atoms with Crippen molar-refractivity contribution < 1.29 is 37.6 Å². The van der Waals surface area contributed by atoms with Crippen molar-refractivity contribution in [1.29, 1.82) is 0 Å². The first-order valence-corrected chi connectivity index (χ1v) is 50.7. The van der Waals surface area contributed by atoms with E-state index in [1.165, 1.54) is 462 Å². The normalized spacial score (nSPS) is 11.9. The second kappa shape index (κ2) is 90.9. The first kappa shape index (κ1) is 102. The summed E-state index contributed by atoms with van der Waals surface area (Å²) in [6.45, 7) is 11.9. The Hall–Kier alpha value is 2.72. The van der Waals surface area contributed by atoms with Gasteiger partial charge in [0.05, 0.1) is 26.4 Å². The van der Waals surface area contributed by atoms with Gasteiger partial charge in [-0.05, 0) is 25.7 Å². The molecule has 0 spiro atoms. The zero-order valence-corrected chi connectivity index (χ0v) is 73.5. The van der Waals surface area contributed by atoms with Gasteiger partial charge in [-0.15, -0.1) is 0 Å². The van der Waals surface area contributed by atoms with Crippen LogP contribution in [0.25, 0.3) is 0 Å². The van der Waals surface area contributed by atoms with Crippen LogP contribution in [0.4, 0.5) is 0 Å². The summed E-state index contributed by atoms with van der Waals surface area (Å²) in [7, 11) is 0. The third-order valence-corrected chi connectivity index (χ3v) is 24.5. The summed E-state index contributed by atoms with van der Waals surface area (Å²) in [5.41, 5.74) is 0. The molecular formula is C84H172O4P2S4Zn. The topological polar surface area (TPSA) is 36.9 Å². The Balaban J connectivity index is -0.00000176. The van der Waals surface area contributed by atoms with Crippen molar-refractivity contribution in [2.24, 2.45) is 0 Å². The summed E-state index contributed by atoms with van der Waals surface area (Å²) in [5, 5.41) is 0. The predicted octanol–water partition coefficient (Wildman–Crippen LogP) is 33.3. The molecule has 0 fully saturated rings. The van der Waals surface area contributed by atoms with Crippen molar-refractivity contribution in [3.8, 4) is 0 Å². The number of hydrogen-bond donors (Lipinski definition) is 0. The minimum Gasteiger partial charge on any atom is -0.516 e. The summed E-state index contributed by atoms with van der Waals surface area (Å²) in [6, 6.07) is 0. The van der Waals surface area contributed by atoms with E-state index < -0.39 is 12.2 Å². The van der Waals surface area contributed by atoms with Crippen LogP contribution in [0, 0.1) is 0 Å². The molecule has 0 saturated heterocycles. The van der Waals surface area contributed by atoms with E-state index in [4.69, 9.17) is 67.1 Å². The monoisotopic (exact) mass is 1500 g/mol. The predicted molar refractivity (Wildman–Crippen MR) is 441 cm³/mol. The van der Waals surface area contributed by atoms with Gasteiger partial charge in [-0.25, -0.2) is 0 Å². The van der Waals surface area contributed by atoms with Crippen LogP contribution in [0.2, 0.25) is 0 Å². The molecule has 0 saturated carbocycles. The maximum absolute atomic E-state index is 5.82. The molecule has 11 heteroatoms. The third-order valence-electron chi connectivity index (χ3n) is 20.0. The molecule has 95 heavy (non-hydrogen) atoms. The second-order valence-electron chi connectivity index (χ2n) is 29.7. The van der Waals surface area contributed by atoms with Crippen molar-refractivity contribution in [2.75, 3.05) is 26.4 Å². The quantitative estimate of drug-likeness (QED) is 0.0258. The Kier molecular flexibility index (Phi) is 97.5. The van der Waals surface area contributed by atoms with E-state index >= 15 is 0 Å². The number of hydrogen-bond acceptors (Lipinski definition) is 8. The van der Waals surface area contributed by atoms with Crippen LogP contribution in [0.3, 0.4) is 0 Å². The molecule has 0 heterocycles. The van der Waals surface area contributed by atoms with Gasteiger partial charge >= 0.3 is 19.5 Å². The van der Waals surface area contributed by atoms with Crippen LogP contribution in [-0.4, -0.2) is 26.4 Å². The van der Waals surface area contributed by atoms with Crippen molar-refractivity contribution in [1.82, 2.24) is 0 Å². The van der Waals surface area contributed by atoms with E-state index in [0.717, 1.165) is 25.7 Å². The van der Waals surface area contributed by atoms with Crippen LogP contribution in [0.5, 0.6) is 0 Å². The molecule has 0 aromatic carbocycles. The van der Waals surface area contributed by atoms with Gasteiger partial charge in [0.2, 0.25) is 0 Å². The fourth-order valence-corrected chi connectivity index (χ4v) is 16.9. The fourth-order valence-electron chi connectivity index (χ4n) is 13.5. The van der Waals surface area contributed by atoms with Crippen LogP contribution >= 0.6 is 12.2 Å². The Bertz CT molecular complexity index is 1140. The Morgan fingerprint density at radius 2 is 0.211 bits per heavy atom. The molecule has 0 radical (unpaired) electrons. The first-order chi connectivity index (χ1) is 46.2. The SMILES string of the molecule is CCCCCCCCCCCCCCCCCCCCCO[P+]([S-])([S-])OCCCCCCCCCCCCCCCCCCCCC.CCCCCCCCCCCCCCCCCCCCCO[P+]([S-])([S-])OCCCCCCCCCCCCCCCCCCCCC.[Zn+2]. The van der Waals surface area contributed by atoms with Crippen LogP contribution in [-0.2, 0) is 86.6 Å². The van der Waals surface area contributed by atoms with Crippen LogP contribution in [0.1, 0.15) is 516 Å². The number of unbranched alkanes of at least 4 members (excludes halogenated alkanes) is 72. The van der Waals surface area contributed by atoms with Gasteiger partial charge in [-0.3, -0.25) is 18.1 Å². The molecule has 0 atom stereocenters. The van der Waals surface area contributed by atoms with Crippen molar-refractivity contribution in [2.45, 2.75) is 516 Å². The zero-order valence-electron chi connectivity index (χ0n) is 65.4. The molecule has 0 bridgehead atoms. The average molecular weight is 1500 g/mol. The summed E-state index contributed by atoms with van der Waals surface area (Å²) < 4.78 is 23.3. The third kappa shape index (κ3) is 96.7. The second-order valence-corrected chi connectivity index (χ2v) is 39.7. The van der Waals surface area contributed by atoms with Gasteiger partial charge in [-0.1, -0.05) is 490 Å². The van der Waals surface area contributed by atoms with E-state index in [1.54, 1.807) is 0 Å². The molecule has 568 valence electrons. The Morgan fingerprint density at radius 3 is 0.295 bits per heavy atom. The van der Waals surface area contributed by atoms with Crippen molar-refractivity contribution in [3.63, 3.8) is 0 Å². The maximum Gasteiger partial charge on any atom is 2.00 e. The zero-order chi connectivity index (χ0) is 68.4. The molecule has 0 unspecified atom stereocenters. The molecule has 4 nitrogen and oxygen atoms in total. The summed E-state index contributed by atoms with van der Waals surface area (Å²) in [5.74, 6) is 0. The smallest absolute Gasteiger partial charge is 0.516 e. The van der Waals surface area contributed by atoms with Crippen molar-refractivity contribution in [3.05, 3.63) is 0 Å². The molecule has 0 aliphatic heterocycles. The molecule has 0 aliphatic rings. The van der Waals surface area contributed by atoms with E-state index in [2.05, 4.69) is 27.7 Å². The van der Waals surface area contributed by atoms with Gasteiger partial charge in [0.1, 0.15) is 0 Å². The molecule has 0 aromatic heterocycles. The van der Waals surface area contributed by atoms with Gasteiger partial charge in [-0.2, -0.15) is 0 Å². The summed E-state index contributed by atoms with van der Waals surface area (Å²) >= 11 is 21.9. The first-order valence-electron chi connectivity index (χ1n) is 43.4. The summed E-state index contributed by atoms with van der Waals surface area (Å²) in [4.78, 5) is 0. The standard InChI is InChI=1S/2C42H87O2PS2.Zn/c2*1-3-5-7-9-11-13-15-17-19-21-23-25-27-29-31-33-35-37-39-41-43-45(46,47)44-42-40-38-36-34-32-30-28-26-24-22-20-18-16-14-12-10-8-6-4-2;/h2*3-42H2,1-2H3,(H,46,47);/q;;+2/p-2. The van der Waals surface area contributed by atoms with E-state index in [9.17, 15) is 0 Å². The van der Waals surface area contributed by atoms with Gasteiger partial charge in [0, 0.05) is 12.2 Å². The van der Waals surface area contributed by atoms with Gasteiger partial charge < -0.3 is 49.0 Å². The minimum atomic E-state index is -2.46. The average Bonchev–Trinajstić information content (AvgIpc) is 2.59. The summed E-state index contributed by atoms with van der Waals surface area (Å²) in [6.07, 6.45) is 101. The largest absolute Gasteiger partial charge is 2.00 e. The fraction of sp³-hybridized carbons (Fsp3) is 1.00. The Morgan fingerprint density at radius 1 is 0.137 bits per heavy atom. The molecule has 0 aromatic rings. The molecule has 0 aliphatic carbocycles. The molecule has 0 amide bonds. The molecular weight excluding hydrogens is 1330 g/mol. The van der Waals surface area contributed by atoms with Crippen LogP contribution in [0.15, 0.2) is 0 Å². The van der Waals surface area contributed by atoms with Crippen molar-refractivity contribution >= 4 is 61.2 Å². The van der Waals surface area contributed by atoms with E-state index in [0.29, 0.717) is 26.4 Å². The van der Waals surface area contributed by atoms with Gasteiger partial charge in [0.25, 0.3) is 0 Å².